The summed E-state index contributed by atoms with van der Waals surface area (Å²) in [4.78, 5) is 23.6. The van der Waals surface area contributed by atoms with Crippen molar-refractivity contribution in [3.63, 3.8) is 0 Å². The molecule has 4 nitrogen and oxygen atoms in total. The molecule has 3 rings (SSSR count). The summed E-state index contributed by atoms with van der Waals surface area (Å²) < 4.78 is 0. The zero-order valence-electron chi connectivity index (χ0n) is 11.8. The summed E-state index contributed by atoms with van der Waals surface area (Å²) >= 11 is 0. The molecule has 2 aliphatic carbocycles. The zero-order chi connectivity index (χ0) is 14.4. The molecule has 0 saturated heterocycles. The Hall–Kier alpha value is -1.84. The van der Waals surface area contributed by atoms with Gasteiger partial charge in [0.2, 0.25) is 5.91 Å². The molecule has 0 spiro atoms. The van der Waals surface area contributed by atoms with Gasteiger partial charge < -0.3 is 10.4 Å². The van der Waals surface area contributed by atoms with E-state index in [1.54, 1.807) is 6.07 Å². The first kappa shape index (κ1) is 13.2. The van der Waals surface area contributed by atoms with Crippen LogP contribution in [0.25, 0.3) is 0 Å². The summed E-state index contributed by atoms with van der Waals surface area (Å²) in [5.74, 6) is 0.515. The Morgan fingerprint density at radius 2 is 1.80 bits per heavy atom. The quantitative estimate of drug-likeness (QED) is 0.889. The maximum absolute atomic E-state index is 12.3. The number of carboxylic acid groups (broad SMARTS) is 1. The second-order valence-electron chi connectivity index (χ2n) is 6.22. The number of nitrogens with one attached hydrogen (secondary N) is 1. The first-order chi connectivity index (χ1) is 9.45. The summed E-state index contributed by atoms with van der Waals surface area (Å²) in [6.07, 6.45) is 3.20. The Morgan fingerprint density at radius 1 is 1.15 bits per heavy atom. The third kappa shape index (κ3) is 2.30. The number of benzene rings is 1. The summed E-state index contributed by atoms with van der Waals surface area (Å²) in [6.45, 7) is 3.69. The number of rotatable bonds is 3. The van der Waals surface area contributed by atoms with Gasteiger partial charge in [0.15, 0.2) is 0 Å². The van der Waals surface area contributed by atoms with E-state index in [0.717, 1.165) is 35.8 Å². The minimum atomic E-state index is -0.999. The second kappa shape index (κ2) is 4.62. The fraction of sp³-hybridized carbons (Fsp3) is 0.500. The number of aromatic carboxylic acids is 1. The first-order valence-electron chi connectivity index (χ1n) is 7.11. The minimum absolute atomic E-state index is 0.0216. The lowest BCUT2D eigenvalue weighted by Gasteiger charge is -2.16. The summed E-state index contributed by atoms with van der Waals surface area (Å²) in [7, 11) is 0. The van der Waals surface area contributed by atoms with E-state index >= 15 is 0 Å². The molecule has 106 valence electrons. The van der Waals surface area contributed by atoms with Crippen molar-refractivity contribution < 1.29 is 14.7 Å². The van der Waals surface area contributed by atoms with Crippen LogP contribution >= 0.6 is 0 Å². The molecular weight excluding hydrogens is 254 g/mol. The Morgan fingerprint density at radius 3 is 2.40 bits per heavy atom. The van der Waals surface area contributed by atoms with Crippen molar-refractivity contribution in [3.8, 4) is 0 Å². The molecule has 0 aromatic heterocycles. The van der Waals surface area contributed by atoms with E-state index in [0.29, 0.717) is 5.69 Å². The summed E-state index contributed by atoms with van der Waals surface area (Å²) in [5, 5.41) is 12.1. The highest BCUT2D eigenvalue weighted by molar-refractivity contribution is 6.02. The van der Waals surface area contributed by atoms with Gasteiger partial charge >= 0.3 is 5.97 Å². The average Bonchev–Trinajstić information content (AvgIpc) is 2.98. The van der Waals surface area contributed by atoms with Gasteiger partial charge in [-0.15, -0.1) is 0 Å². The van der Waals surface area contributed by atoms with Crippen molar-refractivity contribution >= 4 is 17.6 Å². The van der Waals surface area contributed by atoms with Crippen LogP contribution in [0.15, 0.2) is 12.1 Å². The van der Waals surface area contributed by atoms with E-state index in [1.807, 2.05) is 19.9 Å². The molecule has 1 aromatic rings. The van der Waals surface area contributed by atoms with Crippen molar-refractivity contribution in [2.45, 2.75) is 33.1 Å². The van der Waals surface area contributed by atoms with Gasteiger partial charge in [-0.1, -0.05) is 6.07 Å². The molecule has 20 heavy (non-hydrogen) atoms. The van der Waals surface area contributed by atoms with Crippen LogP contribution in [0.1, 0.15) is 40.7 Å². The minimum Gasteiger partial charge on any atom is -0.478 e. The number of aryl methyl sites for hydroxylation is 2. The van der Waals surface area contributed by atoms with Gasteiger partial charge in [0.05, 0.1) is 11.3 Å². The van der Waals surface area contributed by atoms with E-state index < -0.39 is 5.97 Å². The van der Waals surface area contributed by atoms with Gasteiger partial charge in [-0.2, -0.15) is 0 Å². The van der Waals surface area contributed by atoms with Crippen LogP contribution < -0.4 is 5.32 Å². The fourth-order valence-corrected chi connectivity index (χ4v) is 3.46. The SMILES string of the molecule is Cc1cc(C)c(NC(=O)C2CC3CC3C2)c(C(=O)O)c1. The predicted octanol–water partition coefficient (Wildman–Crippen LogP) is 2.99. The maximum Gasteiger partial charge on any atom is 0.337 e. The summed E-state index contributed by atoms with van der Waals surface area (Å²) in [5.41, 5.74) is 2.33. The van der Waals surface area contributed by atoms with Crippen LogP contribution in [0.5, 0.6) is 0 Å². The molecule has 2 saturated carbocycles. The van der Waals surface area contributed by atoms with E-state index in [2.05, 4.69) is 5.32 Å². The lowest BCUT2D eigenvalue weighted by Crippen LogP contribution is -2.23. The van der Waals surface area contributed by atoms with Gasteiger partial charge in [0, 0.05) is 5.92 Å². The van der Waals surface area contributed by atoms with E-state index in [4.69, 9.17) is 0 Å². The van der Waals surface area contributed by atoms with Crippen molar-refractivity contribution in [2.24, 2.45) is 17.8 Å². The van der Waals surface area contributed by atoms with Gasteiger partial charge in [-0.25, -0.2) is 4.79 Å². The average molecular weight is 273 g/mol. The van der Waals surface area contributed by atoms with Crippen molar-refractivity contribution in [2.75, 3.05) is 5.32 Å². The molecule has 2 atom stereocenters. The summed E-state index contributed by atoms with van der Waals surface area (Å²) in [6, 6.07) is 3.51. The van der Waals surface area contributed by atoms with Crippen molar-refractivity contribution in [1.82, 2.24) is 0 Å². The van der Waals surface area contributed by atoms with Crippen molar-refractivity contribution in [1.29, 1.82) is 0 Å². The van der Waals surface area contributed by atoms with Gasteiger partial charge in [-0.05, 0) is 62.1 Å². The maximum atomic E-state index is 12.3. The molecule has 1 amide bonds. The monoisotopic (exact) mass is 273 g/mol. The normalized spacial score (nSPS) is 27.0. The zero-order valence-corrected chi connectivity index (χ0v) is 11.8. The van der Waals surface area contributed by atoms with Crippen LogP contribution in [0.4, 0.5) is 5.69 Å². The van der Waals surface area contributed by atoms with Gasteiger partial charge in [-0.3, -0.25) is 4.79 Å². The molecule has 0 bridgehead atoms. The molecule has 4 heteroatoms. The standard InChI is InChI=1S/C16H19NO3/c1-8-3-9(2)14(13(4-8)16(19)20)17-15(18)12-6-10-5-11(10)7-12/h3-4,10-12H,5-7H2,1-2H3,(H,17,18)(H,19,20). The molecular formula is C16H19NO3. The largest absolute Gasteiger partial charge is 0.478 e. The number of anilines is 1. The Bertz CT molecular complexity index is 584. The van der Waals surface area contributed by atoms with Crippen LogP contribution in [0, 0.1) is 31.6 Å². The number of carbonyl (C=O) groups is 2. The number of amides is 1. The number of carboxylic acids is 1. The molecule has 0 aliphatic heterocycles. The van der Waals surface area contributed by atoms with Crippen LogP contribution in [-0.4, -0.2) is 17.0 Å². The van der Waals surface area contributed by atoms with Gasteiger partial charge in [0.1, 0.15) is 0 Å². The topological polar surface area (TPSA) is 66.4 Å². The molecule has 2 N–H and O–H groups in total. The molecule has 2 aliphatic rings. The van der Waals surface area contributed by atoms with Gasteiger partial charge in [0.25, 0.3) is 0 Å². The van der Waals surface area contributed by atoms with Crippen LogP contribution in [-0.2, 0) is 4.79 Å². The van der Waals surface area contributed by atoms with E-state index in [-0.39, 0.29) is 17.4 Å². The first-order valence-corrected chi connectivity index (χ1v) is 7.11. The fourth-order valence-electron chi connectivity index (χ4n) is 3.46. The molecule has 0 radical (unpaired) electrons. The number of hydrogen-bond donors (Lipinski definition) is 2. The van der Waals surface area contributed by atoms with E-state index in [9.17, 15) is 14.7 Å². The highest BCUT2D eigenvalue weighted by Crippen LogP contribution is 2.54. The Labute approximate surface area is 118 Å². The number of hydrogen-bond acceptors (Lipinski definition) is 2. The molecule has 0 heterocycles. The lowest BCUT2D eigenvalue weighted by molar-refractivity contribution is -0.120. The van der Waals surface area contributed by atoms with Crippen LogP contribution in [0.3, 0.4) is 0 Å². The Kier molecular flexibility index (Phi) is 3.04. The number of carbonyl (C=O) groups excluding carboxylic acids is 1. The third-order valence-corrected chi connectivity index (χ3v) is 4.57. The number of fused-ring (bicyclic) bond motifs is 1. The third-order valence-electron chi connectivity index (χ3n) is 4.57. The molecule has 2 fully saturated rings. The smallest absolute Gasteiger partial charge is 0.337 e. The highest BCUT2D eigenvalue weighted by Gasteiger charge is 2.48. The molecule has 2 unspecified atom stereocenters. The molecule has 1 aromatic carbocycles. The second-order valence-corrected chi connectivity index (χ2v) is 6.22. The highest BCUT2D eigenvalue weighted by atomic mass is 16.4. The van der Waals surface area contributed by atoms with Crippen molar-refractivity contribution in [3.05, 3.63) is 28.8 Å². The lowest BCUT2D eigenvalue weighted by atomic mass is 10.0. The Balaban J connectivity index is 1.82. The van der Waals surface area contributed by atoms with Crippen LogP contribution in [0.2, 0.25) is 0 Å². The van der Waals surface area contributed by atoms with E-state index in [1.165, 1.54) is 6.42 Å². The predicted molar refractivity (Wildman–Crippen MR) is 75.8 cm³/mol.